The molecule has 0 atom stereocenters. The Morgan fingerprint density at radius 3 is 2.77 bits per heavy atom. The molecule has 2 aromatic carbocycles. The summed E-state index contributed by atoms with van der Waals surface area (Å²) in [5, 5.41) is 10.3. The third-order valence-electron chi connectivity index (χ3n) is 3.52. The van der Waals surface area contributed by atoms with Crippen LogP contribution in [0.5, 0.6) is 11.5 Å². The van der Waals surface area contributed by atoms with Crippen LogP contribution in [0.25, 0.3) is 6.08 Å². The fourth-order valence-electron chi connectivity index (χ4n) is 2.42. The van der Waals surface area contributed by atoms with E-state index in [9.17, 15) is 14.7 Å². The summed E-state index contributed by atoms with van der Waals surface area (Å²) < 4.78 is 6.06. The Hall–Kier alpha value is -1.96. The second kappa shape index (κ2) is 7.73. The number of nitrogens with zero attached hydrogens (tertiary/aromatic N) is 1. The zero-order valence-corrected chi connectivity index (χ0v) is 16.7. The SMILES string of the molecule is CCOc1cc(Br)cc(C=C2SC(=O)N(c3cccc(Cl)c3)C2=O)c1O. The number of phenolic OH excluding ortho intramolecular Hbond substituents is 1. The van der Waals surface area contributed by atoms with E-state index in [-0.39, 0.29) is 10.7 Å². The molecule has 1 N–H and O–H groups in total. The third-order valence-corrected chi connectivity index (χ3v) is 5.08. The molecule has 8 heteroatoms. The largest absolute Gasteiger partial charge is 0.504 e. The number of amides is 2. The Bertz CT molecular complexity index is 931. The maximum atomic E-state index is 12.7. The molecule has 5 nitrogen and oxygen atoms in total. The molecule has 0 aliphatic carbocycles. The van der Waals surface area contributed by atoms with Crippen molar-refractivity contribution < 1.29 is 19.4 Å². The number of anilines is 1. The molecule has 0 spiro atoms. The number of hydrogen-bond acceptors (Lipinski definition) is 5. The van der Waals surface area contributed by atoms with Crippen molar-refractivity contribution in [3.05, 3.63) is 56.4 Å². The van der Waals surface area contributed by atoms with Crippen LogP contribution in [0.15, 0.2) is 45.8 Å². The average Bonchev–Trinajstić information content (AvgIpc) is 2.86. The van der Waals surface area contributed by atoms with Crippen molar-refractivity contribution >= 4 is 62.2 Å². The molecule has 26 heavy (non-hydrogen) atoms. The Labute approximate surface area is 167 Å². The van der Waals surface area contributed by atoms with Gasteiger partial charge in [0.15, 0.2) is 11.5 Å². The molecule has 0 bridgehead atoms. The van der Waals surface area contributed by atoms with Crippen LogP contribution in [0.3, 0.4) is 0 Å². The molecule has 0 unspecified atom stereocenters. The van der Waals surface area contributed by atoms with Crippen LogP contribution in [0.1, 0.15) is 12.5 Å². The number of imide groups is 1. The van der Waals surface area contributed by atoms with Crippen molar-refractivity contribution in [2.24, 2.45) is 0 Å². The maximum Gasteiger partial charge on any atom is 0.298 e. The van der Waals surface area contributed by atoms with Gasteiger partial charge in [0.05, 0.1) is 17.2 Å². The van der Waals surface area contributed by atoms with Crippen molar-refractivity contribution in [2.75, 3.05) is 11.5 Å². The number of carbonyl (C=O) groups excluding carboxylic acids is 2. The molecule has 1 saturated heterocycles. The van der Waals surface area contributed by atoms with Crippen LogP contribution in [-0.2, 0) is 4.79 Å². The van der Waals surface area contributed by atoms with E-state index in [1.54, 1.807) is 43.3 Å². The van der Waals surface area contributed by atoms with E-state index in [0.29, 0.717) is 33.1 Å². The van der Waals surface area contributed by atoms with Gasteiger partial charge in [0.2, 0.25) is 0 Å². The van der Waals surface area contributed by atoms with Crippen LogP contribution < -0.4 is 9.64 Å². The van der Waals surface area contributed by atoms with Gasteiger partial charge in [0, 0.05) is 15.1 Å². The fraction of sp³-hybridized carbons (Fsp3) is 0.111. The minimum atomic E-state index is -0.473. The smallest absolute Gasteiger partial charge is 0.298 e. The standard InChI is InChI=1S/C18H13BrClNO4S/c1-2-25-14-8-11(19)6-10(16(14)22)7-15-17(23)21(18(24)26-15)13-5-3-4-12(20)9-13/h3-9,22H,2H2,1H3. The molecule has 0 saturated carbocycles. The predicted molar refractivity (Wildman–Crippen MR) is 107 cm³/mol. The molecule has 2 amide bonds. The first-order chi connectivity index (χ1) is 12.4. The molecule has 2 aromatic rings. The summed E-state index contributed by atoms with van der Waals surface area (Å²) in [6, 6.07) is 9.78. The van der Waals surface area contributed by atoms with Crippen molar-refractivity contribution in [1.29, 1.82) is 0 Å². The van der Waals surface area contributed by atoms with Gasteiger partial charge in [-0.05, 0) is 55.1 Å². The predicted octanol–water partition coefficient (Wildman–Crippen LogP) is 5.45. The first-order valence-corrected chi connectivity index (χ1v) is 9.58. The van der Waals surface area contributed by atoms with E-state index in [4.69, 9.17) is 16.3 Å². The van der Waals surface area contributed by atoms with Crippen LogP contribution in [0, 0.1) is 0 Å². The minimum absolute atomic E-state index is 0.0930. The highest BCUT2D eigenvalue weighted by Crippen LogP contribution is 2.40. The molecule has 1 fully saturated rings. The van der Waals surface area contributed by atoms with Crippen molar-refractivity contribution in [1.82, 2.24) is 0 Å². The summed E-state index contributed by atoms with van der Waals surface area (Å²) in [6.45, 7) is 2.19. The lowest BCUT2D eigenvalue weighted by molar-refractivity contribution is -0.113. The van der Waals surface area contributed by atoms with Gasteiger partial charge < -0.3 is 9.84 Å². The second-order valence-corrected chi connectivity index (χ2v) is 7.62. The Balaban J connectivity index is 1.98. The van der Waals surface area contributed by atoms with E-state index in [0.717, 1.165) is 16.7 Å². The molecular weight excluding hydrogens is 442 g/mol. The summed E-state index contributed by atoms with van der Waals surface area (Å²) in [5.74, 6) is -0.272. The number of aromatic hydroxyl groups is 1. The molecule has 1 aliphatic heterocycles. The fourth-order valence-corrected chi connectivity index (χ4v) is 3.89. The van der Waals surface area contributed by atoms with Crippen LogP contribution in [0.2, 0.25) is 5.02 Å². The van der Waals surface area contributed by atoms with Gasteiger partial charge in [-0.3, -0.25) is 9.59 Å². The molecular formula is C18H13BrClNO4S. The summed E-state index contributed by atoms with van der Waals surface area (Å²) in [6.07, 6.45) is 1.47. The molecule has 134 valence electrons. The van der Waals surface area contributed by atoms with Gasteiger partial charge in [-0.2, -0.15) is 0 Å². The van der Waals surface area contributed by atoms with Crippen molar-refractivity contribution in [3.63, 3.8) is 0 Å². The van der Waals surface area contributed by atoms with Crippen molar-refractivity contribution in [2.45, 2.75) is 6.92 Å². The number of carbonyl (C=O) groups is 2. The van der Waals surface area contributed by atoms with Crippen LogP contribution in [-0.4, -0.2) is 22.9 Å². The van der Waals surface area contributed by atoms with Gasteiger partial charge in [-0.25, -0.2) is 4.90 Å². The second-order valence-electron chi connectivity index (χ2n) is 5.27. The Kier molecular flexibility index (Phi) is 5.60. The molecule has 0 radical (unpaired) electrons. The van der Waals surface area contributed by atoms with Crippen LogP contribution in [0.4, 0.5) is 10.5 Å². The highest BCUT2D eigenvalue weighted by atomic mass is 79.9. The number of ether oxygens (including phenoxy) is 1. The maximum absolute atomic E-state index is 12.7. The molecule has 3 rings (SSSR count). The van der Waals surface area contributed by atoms with E-state index in [2.05, 4.69) is 15.9 Å². The van der Waals surface area contributed by atoms with E-state index < -0.39 is 11.1 Å². The molecule has 1 aliphatic rings. The first-order valence-electron chi connectivity index (χ1n) is 7.59. The number of hydrogen-bond donors (Lipinski definition) is 1. The normalized spacial score (nSPS) is 15.8. The van der Waals surface area contributed by atoms with Gasteiger partial charge in [-0.1, -0.05) is 33.6 Å². The lowest BCUT2D eigenvalue weighted by atomic mass is 10.1. The zero-order valence-electron chi connectivity index (χ0n) is 13.5. The van der Waals surface area contributed by atoms with Gasteiger partial charge in [0.1, 0.15) is 0 Å². The van der Waals surface area contributed by atoms with Gasteiger partial charge in [0.25, 0.3) is 11.1 Å². The number of rotatable bonds is 4. The zero-order chi connectivity index (χ0) is 18.8. The topological polar surface area (TPSA) is 66.8 Å². The number of thioether (sulfide) groups is 1. The molecule has 0 aromatic heterocycles. The van der Waals surface area contributed by atoms with E-state index in [1.807, 2.05) is 0 Å². The Morgan fingerprint density at radius 1 is 1.31 bits per heavy atom. The van der Waals surface area contributed by atoms with Crippen molar-refractivity contribution in [3.8, 4) is 11.5 Å². The summed E-state index contributed by atoms with van der Waals surface area (Å²) >= 11 is 10.1. The lowest BCUT2D eigenvalue weighted by Gasteiger charge is -2.12. The number of phenols is 1. The number of halogens is 2. The minimum Gasteiger partial charge on any atom is -0.504 e. The lowest BCUT2D eigenvalue weighted by Crippen LogP contribution is -2.27. The van der Waals surface area contributed by atoms with Crippen LogP contribution >= 0.6 is 39.3 Å². The first kappa shape index (κ1) is 18.8. The highest BCUT2D eigenvalue weighted by Gasteiger charge is 2.36. The highest BCUT2D eigenvalue weighted by molar-refractivity contribution is 9.10. The van der Waals surface area contributed by atoms with Gasteiger partial charge in [-0.15, -0.1) is 0 Å². The van der Waals surface area contributed by atoms with Gasteiger partial charge >= 0.3 is 0 Å². The summed E-state index contributed by atoms with van der Waals surface area (Å²) in [5.41, 5.74) is 0.774. The Morgan fingerprint density at radius 2 is 2.08 bits per heavy atom. The molecule has 1 heterocycles. The third kappa shape index (κ3) is 3.75. The average molecular weight is 455 g/mol. The van der Waals surface area contributed by atoms with E-state index in [1.165, 1.54) is 6.08 Å². The number of benzene rings is 2. The summed E-state index contributed by atoms with van der Waals surface area (Å²) in [4.78, 5) is 26.2. The summed E-state index contributed by atoms with van der Waals surface area (Å²) in [7, 11) is 0. The van der Waals surface area contributed by atoms with E-state index >= 15 is 0 Å². The quantitative estimate of drug-likeness (QED) is 0.622. The monoisotopic (exact) mass is 453 g/mol.